The molecule has 3 N–H and O–H groups in total. The van der Waals surface area contributed by atoms with Gasteiger partial charge in [-0.1, -0.05) is 34.5 Å². The van der Waals surface area contributed by atoms with E-state index in [1.807, 2.05) is 24.3 Å². The summed E-state index contributed by atoms with van der Waals surface area (Å²) in [5.74, 6) is 5.64. The molecule has 0 radical (unpaired) electrons. The second kappa shape index (κ2) is 6.80. The second-order valence-electron chi connectivity index (χ2n) is 4.03. The van der Waals surface area contributed by atoms with Crippen molar-refractivity contribution in [3.8, 4) is 11.8 Å². The Labute approximate surface area is 121 Å². The molecular formula is C14H14N4OS. The molecular weight excluding hydrogens is 272 g/mol. The lowest BCUT2D eigenvalue weighted by atomic mass is 10.1. The fourth-order valence-electron chi connectivity index (χ4n) is 1.64. The number of carbonyl (C=O) groups excluding carboxylic acids is 1. The van der Waals surface area contributed by atoms with E-state index < -0.39 is 0 Å². The van der Waals surface area contributed by atoms with Gasteiger partial charge in [-0.05, 0) is 30.1 Å². The van der Waals surface area contributed by atoms with E-state index in [1.54, 1.807) is 6.92 Å². The Bertz CT molecular complexity index is 669. The van der Waals surface area contributed by atoms with Gasteiger partial charge in [-0.3, -0.25) is 4.79 Å². The minimum absolute atomic E-state index is 0.168. The zero-order chi connectivity index (χ0) is 14.4. The number of amides is 1. The van der Waals surface area contributed by atoms with E-state index in [-0.39, 0.29) is 5.91 Å². The first-order valence-corrected chi connectivity index (χ1v) is 6.83. The third-order valence-electron chi connectivity index (χ3n) is 2.64. The molecule has 0 saturated heterocycles. The average Bonchev–Trinajstić information content (AvgIpc) is 2.89. The zero-order valence-corrected chi connectivity index (χ0v) is 11.8. The van der Waals surface area contributed by atoms with Crippen LogP contribution in [0, 0.1) is 18.8 Å². The normalized spacial score (nSPS) is 9.70. The van der Waals surface area contributed by atoms with Gasteiger partial charge in [-0.2, -0.15) is 0 Å². The minimum atomic E-state index is -0.168. The predicted molar refractivity (Wildman–Crippen MR) is 78.2 cm³/mol. The summed E-state index contributed by atoms with van der Waals surface area (Å²) in [7, 11) is 0. The van der Waals surface area contributed by atoms with Gasteiger partial charge in [0.1, 0.15) is 4.88 Å². The fourth-order valence-corrected chi connectivity index (χ4v) is 2.21. The van der Waals surface area contributed by atoms with Crippen molar-refractivity contribution in [3.63, 3.8) is 0 Å². The number of nitrogens with zero attached hydrogens (tertiary/aromatic N) is 2. The van der Waals surface area contributed by atoms with Crippen molar-refractivity contribution in [2.45, 2.75) is 13.5 Å². The van der Waals surface area contributed by atoms with Gasteiger partial charge in [-0.15, -0.1) is 5.10 Å². The molecule has 0 bridgehead atoms. The Kier molecular flexibility index (Phi) is 4.82. The molecule has 20 heavy (non-hydrogen) atoms. The molecule has 0 spiro atoms. The highest BCUT2D eigenvalue weighted by atomic mass is 32.1. The first-order chi connectivity index (χ1) is 9.72. The van der Waals surface area contributed by atoms with Gasteiger partial charge >= 0.3 is 0 Å². The Balaban J connectivity index is 2.08. The lowest BCUT2D eigenvalue weighted by molar-refractivity contribution is 0.0954. The van der Waals surface area contributed by atoms with E-state index in [2.05, 4.69) is 26.7 Å². The molecule has 0 atom stereocenters. The summed E-state index contributed by atoms with van der Waals surface area (Å²) in [6.45, 7) is 2.48. The van der Waals surface area contributed by atoms with Crippen molar-refractivity contribution in [2.75, 3.05) is 6.54 Å². The van der Waals surface area contributed by atoms with E-state index in [0.29, 0.717) is 23.7 Å². The smallest absolute Gasteiger partial charge is 0.265 e. The maximum atomic E-state index is 12.0. The van der Waals surface area contributed by atoms with Crippen LogP contribution in [0.3, 0.4) is 0 Å². The summed E-state index contributed by atoms with van der Waals surface area (Å²) in [6.07, 6.45) is 0. The molecule has 1 aromatic heterocycles. The monoisotopic (exact) mass is 286 g/mol. The molecule has 0 aliphatic heterocycles. The van der Waals surface area contributed by atoms with E-state index in [4.69, 9.17) is 5.73 Å². The van der Waals surface area contributed by atoms with Crippen LogP contribution in [0.4, 0.5) is 0 Å². The first kappa shape index (κ1) is 14.2. The zero-order valence-electron chi connectivity index (χ0n) is 11.0. The van der Waals surface area contributed by atoms with Crippen LogP contribution in [-0.4, -0.2) is 22.0 Å². The number of rotatable bonds is 3. The molecule has 0 aliphatic rings. The lowest BCUT2D eigenvalue weighted by Crippen LogP contribution is -2.23. The van der Waals surface area contributed by atoms with Crippen molar-refractivity contribution in [2.24, 2.45) is 5.73 Å². The number of aromatic nitrogens is 2. The SMILES string of the molecule is Cc1nnsc1C(=O)NCc1ccccc1C#CCN. The largest absolute Gasteiger partial charge is 0.347 e. The number of nitrogens with two attached hydrogens (primary N) is 1. The number of hydrogen-bond acceptors (Lipinski definition) is 5. The fraction of sp³-hybridized carbons (Fsp3) is 0.214. The van der Waals surface area contributed by atoms with E-state index in [1.165, 1.54) is 0 Å². The maximum Gasteiger partial charge on any atom is 0.265 e. The molecule has 0 unspecified atom stereocenters. The number of nitrogens with one attached hydrogen (secondary N) is 1. The van der Waals surface area contributed by atoms with E-state index in [0.717, 1.165) is 22.7 Å². The Hall–Kier alpha value is -2.23. The van der Waals surface area contributed by atoms with Crippen molar-refractivity contribution >= 4 is 17.4 Å². The number of aryl methyl sites for hydroxylation is 1. The topological polar surface area (TPSA) is 80.9 Å². The molecule has 2 aromatic rings. The van der Waals surface area contributed by atoms with Crippen LogP contribution in [0.2, 0.25) is 0 Å². The maximum absolute atomic E-state index is 12.0. The highest BCUT2D eigenvalue weighted by Gasteiger charge is 2.12. The summed E-state index contributed by atoms with van der Waals surface area (Å²) in [5.41, 5.74) is 7.84. The first-order valence-electron chi connectivity index (χ1n) is 6.06. The van der Waals surface area contributed by atoms with E-state index in [9.17, 15) is 4.79 Å². The molecule has 5 nitrogen and oxygen atoms in total. The summed E-state index contributed by atoms with van der Waals surface area (Å²) >= 11 is 1.09. The summed E-state index contributed by atoms with van der Waals surface area (Å²) in [4.78, 5) is 12.5. The predicted octanol–water partition coefficient (Wildman–Crippen LogP) is 1.09. The number of carbonyl (C=O) groups is 1. The Morgan fingerprint density at radius 3 is 2.95 bits per heavy atom. The standard InChI is InChI=1S/C14H14N4OS/c1-10-13(20-18-17-10)14(19)16-9-12-6-3-2-5-11(12)7-4-8-15/h2-3,5-6H,8-9,15H2,1H3,(H,16,19). The molecule has 1 amide bonds. The molecule has 2 rings (SSSR count). The third-order valence-corrected chi connectivity index (χ3v) is 3.47. The van der Waals surface area contributed by atoms with Gasteiger partial charge in [0.2, 0.25) is 0 Å². The number of hydrogen-bond donors (Lipinski definition) is 2. The third kappa shape index (κ3) is 3.41. The van der Waals surface area contributed by atoms with Gasteiger partial charge < -0.3 is 11.1 Å². The summed E-state index contributed by atoms with van der Waals surface area (Å²) in [5, 5.41) is 6.67. The summed E-state index contributed by atoms with van der Waals surface area (Å²) in [6, 6.07) is 7.65. The van der Waals surface area contributed by atoms with Gasteiger partial charge in [0.05, 0.1) is 12.2 Å². The van der Waals surface area contributed by atoms with Crippen LogP contribution in [-0.2, 0) is 6.54 Å². The molecule has 1 heterocycles. The lowest BCUT2D eigenvalue weighted by Gasteiger charge is -2.06. The van der Waals surface area contributed by atoms with Gasteiger partial charge in [0, 0.05) is 12.1 Å². The molecule has 0 aliphatic carbocycles. The van der Waals surface area contributed by atoms with Crippen LogP contribution < -0.4 is 11.1 Å². The van der Waals surface area contributed by atoms with Crippen molar-refractivity contribution in [1.29, 1.82) is 0 Å². The minimum Gasteiger partial charge on any atom is -0.347 e. The number of benzene rings is 1. The Morgan fingerprint density at radius 1 is 1.45 bits per heavy atom. The average molecular weight is 286 g/mol. The van der Waals surface area contributed by atoms with Crippen molar-refractivity contribution < 1.29 is 4.79 Å². The van der Waals surface area contributed by atoms with Crippen LogP contribution in [0.5, 0.6) is 0 Å². The van der Waals surface area contributed by atoms with E-state index >= 15 is 0 Å². The molecule has 0 saturated carbocycles. The van der Waals surface area contributed by atoms with Crippen LogP contribution >= 0.6 is 11.5 Å². The van der Waals surface area contributed by atoms with Crippen LogP contribution in [0.1, 0.15) is 26.5 Å². The van der Waals surface area contributed by atoms with Crippen LogP contribution in [0.25, 0.3) is 0 Å². The molecule has 102 valence electrons. The van der Waals surface area contributed by atoms with Crippen molar-refractivity contribution in [1.82, 2.24) is 14.9 Å². The molecule has 1 aromatic carbocycles. The highest BCUT2D eigenvalue weighted by molar-refractivity contribution is 7.07. The van der Waals surface area contributed by atoms with Gasteiger partial charge in [0.15, 0.2) is 0 Å². The van der Waals surface area contributed by atoms with Crippen LogP contribution in [0.15, 0.2) is 24.3 Å². The van der Waals surface area contributed by atoms with Gasteiger partial charge in [-0.25, -0.2) is 0 Å². The molecule has 0 fully saturated rings. The molecule has 6 heteroatoms. The summed E-state index contributed by atoms with van der Waals surface area (Å²) < 4.78 is 3.75. The van der Waals surface area contributed by atoms with Gasteiger partial charge in [0.25, 0.3) is 5.91 Å². The highest BCUT2D eigenvalue weighted by Crippen LogP contribution is 2.10. The second-order valence-corrected chi connectivity index (χ2v) is 4.79. The quantitative estimate of drug-likeness (QED) is 0.828. The van der Waals surface area contributed by atoms with Crippen molar-refractivity contribution in [3.05, 3.63) is 46.0 Å². The Morgan fingerprint density at radius 2 is 2.25 bits per heavy atom.